The van der Waals surface area contributed by atoms with E-state index in [0.717, 1.165) is 0 Å². The minimum Gasteiger partial charge on any atom is -0.505 e. The molecule has 0 saturated carbocycles. The third-order valence-electron chi connectivity index (χ3n) is 4.02. The molecule has 0 aromatic heterocycles. The van der Waals surface area contributed by atoms with E-state index < -0.39 is 27.3 Å². The molecule has 0 amide bonds. The third kappa shape index (κ3) is 2.45. The zero-order valence-corrected chi connectivity index (χ0v) is 13.6. The fraction of sp³-hybridized carbons (Fsp3) is 0.0588. The van der Waals surface area contributed by atoms with Crippen LogP contribution < -0.4 is 5.73 Å². The van der Waals surface area contributed by atoms with Gasteiger partial charge < -0.3 is 10.8 Å². The number of nitrogen functional groups attached to an aromatic ring is 1. The van der Waals surface area contributed by atoms with Crippen LogP contribution in [0.3, 0.4) is 0 Å². The Hall–Kier alpha value is -3.19. The zero-order chi connectivity index (χ0) is 18.5. The van der Waals surface area contributed by atoms with E-state index in [1.165, 1.54) is 30.3 Å². The van der Waals surface area contributed by atoms with Crippen LogP contribution >= 0.6 is 11.6 Å². The third-order valence-corrected chi connectivity index (χ3v) is 4.38. The van der Waals surface area contributed by atoms with Gasteiger partial charge in [0.2, 0.25) is 5.78 Å². The van der Waals surface area contributed by atoms with Crippen LogP contribution in [0.15, 0.2) is 35.4 Å². The topological polar surface area (TPSA) is 124 Å². The molecular formula is C17H11ClN2O5. The van der Waals surface area contributed by atoms with Crippen LogP contribution in [0.25, 0.3) is 5.57 Å². The van der Waals surface area contributed by atoms with E-state index in [-0.39, 0.29) is 33.6 Å². The van der Waals surface area contributed by atoms with Crippen molar-refractivity contribution < 1.29 is 19.6 Å². The van der Waals surface area contributed by atoms with Gasteiger partial charge in [-0.2, -0.15) is 0 Å². The summed E-state index contributed by atoms with van der Waals surface area (Å²) in [5, 5.41) is 20.7. The number of rotatable bonds is 2. The quantitative estimate of drug-likeness (QED) is 0.367. The van der Waals surface area contributed by atoms with Crippen molar-refractivity contribution in [2.75, 3.05) is 5.73 Å². The summed E-state index contributed by atoms with van der Waals surface area (Å²) in [5.41, 5.74) is 5.41. The lowest BCUT2D eigenvalue weighted by atomic mass is 9.85. The molecule has 0 radical (unpaired) electrons. The molecule has 0 aliphatic heterocycles. The Bertz CT molecular complexity index is 1010. The van der Waals surface area contributed by atoms with Crippen molar-refractivity contribution in [2.45, 2.75) is 6.92 Å². The number of anilines is 1. The van der Waals surface area contributed by atoms with Gasteiger partial charge in [-0.1, -0.05) is 23.7 Å². The minimum atomic E-state index is -0.765. The number of hydrogen-bond donors (Lipinski definition) is 2. The maximum Gasteiger partial charge on any atom is 0.272 e. The van der Waals surface area contributed by atoms with E-state index in [9.17, 15) is 24.8 Å². The average molecular weight is 359 g/mol. The molecular weight excluding hydrogens is 348 g/mol. The van der Waals surface area contributed by atoms with Gasteiger partial charge >= 0.3 is 0 Å². The molecule has 1 aliphatic rings. The van der Waals surface area contributed by atoms with Crippen molar-refractivity contribution in [3.8, 4) is 5.75 Å². The van der Waals surface area contributed by atoms with Gasteiger partial charge in [0.15, 0.2) is 5.78 Å². The largest absolute Gasteiger partial charge is 0.505 e. The highest BCUT2D eigenvalue weighted by atomic mass is 35.5. The second-order valence-corrected chi connectivity index (χ2v) is 5.91. The van der Waals surface area contributed by atoms with Gasteiger partial charge in [0.1, 0.15) is 10.8 Å². The standard InChI is InChI=1S/C17H11ClN2O5/c1-7-2-3-8(6-11(7)20(24)25)12-14(18)17(23)13-9(15(12)21)4-5-10(19)16(13)22/h2-6,22H,19H2,1H3. The number of carbonyl (C=O) groups is 2. The number of fused-ring (bicyclic) bond motifs is 1. The van der Waals surface area contributed by atoms with Crippen LogP contribution in [-0.4, -0.2) is 21.6 Å². The maximum atomic E-state index is 12.8. The number of Topliss-reactive ketones (excluding diaryl/α,β-unsaturated/α-hetero) is 2. The second-order valence-electron chi connectivity index (χ2n) is 5.53. The minimum absolute atomic E-state index is 0.0562. The molecule has 7 nitrogen and oxygen atoms in total. The predicted molar refractivity (Wildman–Crippen MR) is 91.8 cm³/mol. The number of halogens is 1. The Morgan fingerprint density at radius 3 is 2.48 bits per heavy atom. The van der Waals surface area contributed by atoms with E-state index in [2.05, 4.69) is 0 Å². The number of hydrogen-bond acceptors (Lipinski definition) is 6. The van der Waals surface area contributed by atoms with Gasteiger partial charge in [-0.25, -0.2) is 0 Å². The molecule has 3 rings (SSSR count). The van der Waals surface area contributed by atoms with Crippen LogP contribution in [0.2, 0.25) is 0 Å². The highest BCUT2D eigenvalue weighted by molar-refractivity contribution is 6.57. The number of aryl methyl sites for hydroxylation is 1. The maximum absolute atomic E-state index is 12.8. The predicted octanol–water partition coefficient (Wildman–Crippen LogP) is 3.22. The normalized spacial score (nSPS) is 13.8. The number of nitro groups is 1. The van der Waals surface area contributed by atoms with Crippen molar-refractivity contribution >= 4 is 40.1 Å². The molecule has 2 aromatic rings. The number of nitrogens with zero attached hydrogens (tertiary/aromatic N) is 1. The van der Waals surface area contributed by atoms with E-state index in [1.54, 1.807) is 6.92 Å². The first kappa shape index (κ1) is 16.7. The monoisotopic (exact) mass is 358 g/mol. The molecule has 25 heavy (non-hydrogen) atoms. The lowest BCUT2D eigenvalue weighted by Crippen LogP contribution is -2.20. The summed E-state index contributed by atoms with van der Waals surface area (Å²) in [4.78, 5) is 35.8. The fourth-order valence-electron chi connectivity index (χ4n) is 2.70. The lowest BCUT2D eigenvalue weighted by molar-refractivity contribution is -0.385. The molecule has 0 saturated heterocycles. The second kappa shape index (κ2) is 5.71. The summed E-state index contributed by atoms with van der Waals surface area (Å²) >= 11 is 6.07. The Labute approximate surface area is 146 Å². The van der Waals surface area contributed by atoms with E-state index in [4.69, 9.17) is 17.3 Å². The van der Waals surface area contributed by atoms with Gasteiger partial charge in [-0.3, -0.25) is 19.7 Å². The Morgan fingerprint density at radius 2 is 1.84 bits per heavy atom. The lowest BCUT2D eigenvalue weighted by Gasteiger charge is -2.19. The number of aromatic hydroxyl groups is 1. The van der Waals surface area contributed by atoms with Crippen molar-refractivity contribution in [3.63, 3.8) is 0 Å². The van der Waals surface area contributed by atoms with E-state index >= 15 is 0 Å². The van der Waals surface area contributed by atoms with Crippen molar-refractivity contribution in [1.29, 1.82) is 0 Å². The molecule has 0 heterocycles. The molecule has 0 unspecified atom stereocenters. The van der Waals surface area contributed by atoms with Gasteiger partial charge in [0.05, 0.1) is 21.7 Å². The first-order chi connectivity index (χ1) is 11.7. The van der Waals surface area contributed by atoms with Crippen LogP contribution in [0.1, 0.15) is 31.8 Å². The first-order valence-corrected chi connectivity index (χ1v) is 7.47. The van der Waals surface area contributed by atoms with Gasteiger partial charge in [-0.15, -0.1) is 0 Å². The molecule has 0 fully saturated rings. The number of phenolic OH excluding ortho intramolecular Hbond substituents is 1. The van der Waals surface area contributed by atoms with E-state index in [1.807, 2.05) is 0 Å². The molecule has 0 bridgehead atoms. The summed E-state index contributed by atoms with van der Waals surface area (Å²) in [6, 6.07) is 6.76. The highest BCUT2D eigenvalue weighted by Crippen LogP contribution is 2.40. The van der Waals surface area contributed by atoms with Gasteiger partial charge in [0.25, 0.3) is 5.69 Å². The Balaban J connectivity index is 2.25. The number of carbonyl (C=O) groups excluding carboxylic acids is 2. The molecule has 0 atom stereocenters. The SMILES string of the molecule is Cc1ccc(C2=C(Cl)C(=O)c3c(ccc(N)c3O)C2=O)cc1[N+](=O)[O-]. The molecule has 0 spiro atoms. The number of nitrogens with two attached hydrogens (primary N) is 1. The number of nitro benzene ring substituents is 1. The van der Waals surface area contributed by atoms with Gasteiger partial charge in [-0.05, 0) is 24.6 Å². The smallest absolute Gasteiger partial charge is 0.272 e. The van der Waals surface area contributed by atoms with Crippen LogP contribution in [-0.2, 0) is 0 Å². The highest BCUT2D eigenvalue weighted by Gasteiger charge is 2.35. The number of allylic oxidation sites excluding steroid dienone is 2. The van der Waals surface area contributed by atoms with Crippen LogP contribution in [0.4, 0.5) is 11.4 Å². The molecule has 1 aliphatic carbocycles. The molecule has 8 heteroatoms. The Morgan fingerprint density at radius 1 is 1.16 bits per heavy atom. The van der Waals surface area contributed by atoms with Crippen LogP contribution in [0.5, 0.6) is 5.75 Å². The van der Waals surface area contributed by atoms with Crippen molar-refractivity contribution in [2.24, 2.45) is 0 Å². The average Bonchev–Trinajstić information content (AvgIpc) is 2.56. The summed E-state index contributed by atoms with van der Waals surface area (Å²) in [5.74, 6) is -1.89. The Kier molecular flexibility index (Phi) is 3.81. The summed E-state index contributed by atoms with van der Waals surface area (Å²) in [6.45, 7) is 1.56. The van der Waals surface area contributed by atoms with Crippen molar-refractivity contribution in [3.05, 3.63) is 67.7 Å². The number of phenols is 1. The summed E-state index contributed by atoms with van der Waals surface area (Å²) < 4.78 is 0. The van der Waals surface area contributed by atoms with Gasteiger partial charge in [0, 0.05) is 17.2 Å². The number of ketones is 2. The zero-order valence-electron chi connectivity index (χ0n) is 12.9. The van der Waals surface area contributed by atoms with Crippen molar-refractivity contribution in [1.82, 2.24) is 0 Å². The van der Waals surface area contributed by atoms with Crippen LogP contribution in [0, 0.1) is 17.0 Å². The molecule has 3 N–H and O–H groups in total. The van der Waals surface area contributed by atoms with E-state index in [0.29, 0.717) is 5.56 Å². The molecule has 2 aromatic carbocycles. The fourth-order valence-corrected chi connectivity index (χ4v) is 2.99. The number of benzene rings is 2. The summed E-state index contributed by atoms with van der Waals surface area (Å²) in [6.07, 6.45) is 0. The summed E-state index contributed by atoms with van der Waals surface area (Å²) in [7, 11) is 0. The molecule has 126 valence electrons. The first-order valence-electron chi connectivity index (χ1n) is 7.10.